The van der Waals surface area contributed by atoms with Crippen LogP contribution in [-0.4, -0.2) is 5.75 Å². The first kappa shape index (κ1) is 11.4. The van der Waals surface area contributed by atoms with Gasteiger partial charge in [0, 0.05) is 21.0 Å². The van der Waals surface area contributed by atoms with Crippen molar-refractivity contribution in [2.24, 2.45) is 0 Å². The zero-order valence-corrected chi connectivity index (χ0v) is 11.9. The van der Waals surface area contributed by atoms with E-state index in [1.54, 1.807) is 11.3 Å². The van der Waals surface area contributed by atoms with E-state index in [1.807, 2.05) is 11.8 Å². The quantitative estimate of drug-likeness (QED) is 0.697. The van der Waals surface area contributed by atoms with Gasteiger partial charge in [-0.05, 0) is 46.7 Å². The minimum absolute atomic E-state index is 0.428. The number of hydrogen-bond acceptors (Lipinski definition) is 3. The largest absolute Gasteiger partial charge is 0.377 e. The maximum atomic E-state index is 3.66. The molecule has 1 atom stereocenters. The van der Waals surface area contributed by atoms with Crippen LogP contribution in [0.2, 0.25) is 0 Å². The average Bonchev–Trinajstić information content (AvgIpc) is 3.06. The van der Waals surface area contributed by atoms with Crippen LogP contribution in [0.25, 0.3) is 10.1 Å². The Morgan fingerprint density at radius 1 is 1.05 bits per heavy atom. The molecular weight excluding hydrogens is 270 g/mol. The van der Waals surface area contributed by atoms with Crippen molar-refractivity contribution in [1.29, 1.82) is 0 Å². The van der Waals surface area contributed by atoms with Crippen molar-refractivity contribution >= 4 is 38.9 Å². The lowest BCUT2D eigenvalue weighted by molar-refractivity contribution is 0.901. The van der Waals surface area contributed by atoms with Gasteiger partial charge in [-0.15, -0.1) is 23.1 Å². The molecule has 1 nitrogen and oxygen atoms in total. The summed E-state index contributed by atoms with van der Waals surface area (Å²) in [4.78, 5) is 1.41. The first-order valence-corrected chi connectivity index (χ1v) is 8.22. The third-order valence-corrected chi connectivity index (χ3v) is 5.57. The zero-order chi connectivity index (χ0) is 12.7. The lowest BCUT2D eigenvalue weighted by atomic mass is 10.1. The number of rotatable bonds is 2. The van der Waals surface area contributed by atoms with E-state index in [4.69, 9.17) is 0 Å². The van der Waals surface area contributed by atoms with Gasteiger partial charge in [0.15, 0.2) is 0 Å². The molecule has 1 unspecified atom stereocenters. The summed E-state index contributed by atoms with van der Waals surface area (Å²) in [5, 5.41) is 7.14. The van der Waals surface area contributed by atoms with Crippen LogP contribution in [0, 0.1) is 0 Å². The van der Waals surface area contributed by atoms with Gasteiger partial charge in [0.1, 0.15) is 0 Å². The topological polar surface area (TPSA) is 12.0 Å². The van der Waals surface area contributed by atoms with E-state index in [9.17, 15) is 0 Å². The molecule has 2 aromatic carbocycles. The number of anilines is 1. The maximum Gasteiger partial charge on any atom is 0.0618 e. The van der Waals surface area contributed by atoms with E-state index in [-0.39, 0.29) is 0 Å². The van der Waals surface area contributed by atoms with Crippen molar-refractivity contribution in [3.63, 3.8) is 0 Å². The van der Waals surface area contributed by atoms with Gasteiger partial charge < -0.3 is 5.32 Å². The lowest BCUT2D eigenvalue weighted by Gasteiger charge is -2.14. The van der Waals surface area contributed by atoms with Crippen LogP contribution in [-0.2, 0) is 0 Å². The molecule has 0 saturated carbocycles. The number of fused-ring (bicyclic) bond motifs is 2. The maximum absolute atomic E-state index is 3.66. The highest BCUT2D eigenvalue weighted by Gasteiger charge is 2.22. The first-order valence-electron chi connectivity index (χ1n) is 6.36. The second-order valence-corrected chi connectivity index (χ2v) is 6.73. The van der Waals surface area contributed by atoms with E-state index in [0.29, 0.717) is 6.04 Å². The van der Waals surface area contributed by atoms with Gasteiger partial charge in [-0.1, -0.05) is 18.2 Å². The van der Waals surface area contributed by atoms with Gasteiger partial charge in [0.2, 0.25) is 0 Å². The standard InChI is InChI=1S/C16H13NS2/c1-2-4-16-13(3-1)14(10-19-16)17-12-5-6-15-11(9-12)7-8-18-15/h1-9,14,17H,10H2. The molecule has 94 valence electrons. The van der Waals surface area contributed by atoms with Gasteiger partial charge in [-0.3, -0.25) is 0 Å². The highest BCUT2D eigenvalue weighted by atomic mass is 32.2. The summed E-state index contributed by atoms with van der Waals surface area (Å²) in [7, 11) is 0. The van der Waals surface area contributed by atoms with Crippen molar-refractivity contribution in [2.45, 2.75) is 10.9 Å². The third-order valence-electron chi connectivity index (χ3n) is 3.49. The summed E-state index contributed by atoms with van der Waals surface area (Å²) in [5.74, 6) is 1.11. The summed E-state index contributed by atoms with van der Waals surface area (Å²) in [6, 6.07) is 17.9. The summed E-state index contributed by atoms with van der Waals surface area (Å²) in [6.07, 6.45) is 0. The second-order valence-electron chi connectivity index (χ2n) is 4.72. The molecule has 1 N–H and O–H groups in total. The predicted octanol–water partition coefficient (Wildman–Crippen LogP) is 5.16. The van der Waals surface area contributed by atoms with E-state index in [0.717, 1.165) is 5.75 Å². The van der Waals surface area contributed by atoms with Crippen molar-refractivity contribution in [3.05, 3.63) is 59.5 Å². The Hall–Kier alpha value is -1.45. The molecule has 2 heterocycles. The fraction of sp³-hybridized carbons (Fsp3) is 0.125. The molecule has 0 amide bonds. The Bertz CT molecular complexity index is 732. The number of thioether (sulfide) groups is 1. The molecule has 0 aliphatic carbocycles. The zero-order valence-electron chi connectivity index (χ0n) is 10.3. The van der Waals surface area contributed by atoms with E-state index >= 15 is 0 Å². The minimum atomic E-state index is 0.428. The van der Waals surface area contributed by atoms with E-state index < -0.39 is 0 Å². The fourth-order valence-corrected chi connectivity index (χ4v) is 4.47. The van der Waals surface area contributed by atoms with Crippen molar-refractivity contribution in [1.82, 2.24) is 0 Å². The molecule has 3 heteroatoms. The normalized spacial score (nSPS) is 17.6. The summed E-state index contributed by atoms with van der Waals surface area (Å²) >= 11 is 3.74. The van der Waals surface area contributed by atoms with Crippen molar-refractivity contribution < 1.29 is 0 Å². The van der Waals surface area contributed by atoms with E-state index in [1.165, 1.54) is 26.2 Å². The predicted molar refractivity (Wildman–Crippen MR) is 85.4 cm³/mol. The number of thiophene rings is 1. The summed E-state index contributed by atoms with van der Waals surface area (Å²) in [5.41, 5.74) is 2.64. The SMILES string of the molecule is c1ccc2c(c1)SCC2Nc1ccc2sccc2c1. The Morgan fingerprint density at radius 2 is 2.00 bits per heavy atom. The van der Waals surface area contributed by atoms with Gasteiger partial charge in [-0.25, -0.2) is 0 Å². The summed E-state index contributed by atoms with van der Waals surface area (Å²) < 4.78 is 1.35. The molecule has 3 aromatic rings. The monoisotopic (exact) mass is 283 g/mol. The minimum Gasteiger partial charge on any atom is -0.377 e. The van der Waals surface area contributed by atoms with Crippen LogP contribution in [0.1, 0.15) is 11.6 Å². The molecule has 1 aliphatic heterocycles. The Labute approximate surface area is 120 Å². The number of benzene rings is 2. The molecule has 0 saturated heterocycles. The molecule has 4 rings (SSSR count). The van der Waals surface area contributed by atoms with Gasteiger partial charge in [0.25, 0.3) is 0 Å². The molecule has 1 aromatic heterocycles. The molecule has 0 spiro atoms. The fourth-order valence-electron chi connectivity index (χ4n) is 2.54. The Kier molecular flexibility index (Phi) is 2.75. The van der Waals surface area contributed by atoms with Gasteiger partial charge in [0.05, 0.1) is 6.04 Å². The second kappa shape index (κ2) is 4.58. The highest BCUT2D eigenvalue weighted by Crippen LogP contribution is 2.39. The number of hydrogen-bond donors (Lipinski definition) is 1. The van der Waals surface area contributed by atoms with Gasteiger partial charge >= 0.3 is 0 Å². The van der Waals surface area contributed by atoms with Crippen LogP contribution in [0.3, 0.4) is 0 Å². The Balaban J connectivity index is 1.65. The van der Waals surface area contributed by atoms with Crippen LogP contribution in [0.4, 0.5) is 5.69 Å². The molecule has 1 aliphatic rings. The molecule has 0 fully saturated rings. The molecule has 19 heavy (non-hydrogen) atoms. The molecular formula is C16H13NS2. The van der Waals surface area contributed by atoms with Crippen molar-refractivity contribution in [2.75, 3.05) is 11.1 Å². The molecule has 0 bridgehead atoms. The average molecular weight is 283 g/mol. The first-order chi connectivity index (χ1) is 9.40. The summed E-state index contributed by atoms with van der Waals surface area (Å²) in [6.45, 7) is 0. The van der Waals surface area contributed by atoms with Crippen LogP contribution >= 0.6 is 23.1 Å². The van der Waals surface area contributed by atoms with Crippen LogP contribution < -0.4 is 5.32 Å². The molecule has 0 radical (unpaired) electrons. The van der Waals surface area contributed by atoms with Crippen LogP contribution in [0.5, 0.6) is 0 Å². The van der Waals surface area contributed by atoms with Gasteiger partial charge in [-0.2, -0.15) is 0 Å². The van der Waals surface area contributed by atoms with Crippen molar-refractivity contribution in [3.8, 4) is 0 Å². The van der Waals surface area contributed by atoms with E-state index in [2.05, 4.69) is 59.2 Å². The smallest absolute Gasteiger partial charge is 0.0618 e. The number of nitrogens with one attached hydrogen (secondary N) is 1. The Morgan fingerprint density at radius 3 is 3.00 bits per heavy atom. The highest BCUT2D eigenvalue weighted by molar-refractivity contribution is 7.99. The lowest BCUT2D eigenvalue weighted by Crippen LogP contribution is -2.09. The van der Waals surface area contributed by atoms with Crippen LogP contribution in [0.15, 0.2) is 58.8 Å². The third kappa shape index (κ3) is 2.03.